The van der Waals surface area contributed by atoms with Gasteiger partial charge in [-0.3, -0.25) is 19.2 Å². The highest BCUT2D eigenvalue weighted by Gasteiger charge is 2.28. The van der Waals surface area contributed by atoms with Crippen LogP contribution in [0.2, 0.25) is 0 Å². The van der Waals surface area contributed by atoms with Gasteiger partial charge in [0.2, 0.25) is 11.8 Å². The van der Waals surface area contributed by atoms with Crippen LogP contribution in [0.3, 0.4) is 0 Å². The molecular formula is C15H25N3O8S. The van der Waals surface area contributed by atoms with Crippen LogP contribution in [-0.2, 0) is 24.0 Å². The van der Waals surface area contributed by atoms with Crippen molar-refractivity contribution in [3.8, 4) is 0 Å². The van der Waals surface area contributed by atoms with E-state index in [1.54, 1.807) is 0 Å². The summed E-state index contributed by atoms with van der Waals surface area (Å²) in [4.78, 5) is 56.9. The fourth-order valence-electron chi connectivity index (χ4n) is 1.99. The number of carboxylic acid groups (broad SMARTS) is 3. The third kappa shape index (κ3) is 11.1. The Morgan fingerprint density at radius 3 is 1.78 bits per heavy atom. The van der Waals surface area contributed by atoms with Crippen LogP contribution in [0.4, 0.5) is 0 Å². The van der Waals surface area contributed by atoms with E-state index in [9.17, 15) is 24.0 Å². The first-order valence-corrected chi connectivity index (χ1v) is 9.49. The topological polar surface area (TPSA) is 196 Å². The van der Waals surface area contributed by atoms with Gasteiger partial charge in [-0.25, -0.2) is 4.79 Å². The van der Waals surface area contributed by atoms with Crippen molar-refractivity contribution in [2.24, 2.45) is 5.73 Å². The summed E-state index contributed by atoms with van der Waals surface area (Å²) in [5, 5.41) is 31.0. The van der Waals surface area contributed by atoms with Gasteiger partial charge < -0.3 is 31.7 Å². The number of nitrogens with two attached hydrogens (primary N) is 1. The molecule has 0 bridgehead atoms. The Morgan fingerprint density at radius 2 is 1.33 bits per heavy atom. The zero-order chi connectivity index (χ0) is 21.0. The number of hydrogen-bond donors (Lipinski definition) is 6. The summed E-state index contributed by atoms with van der Waals surface area (Å²) >= 11 is 1.48. The van der Waals surface area contributed by atoms with E-state index < -0.39 is 60.7 Å². The van der Waals surface area contributed by atoms with Gasteiger partial charge in [0.05, 0.1) is 6.04 Å². The second-order valence-electron chi connectivity index (χ2n) is 5.71. The largest absolute Gasteiger partial charge is 0.481 e. The minimum absolute atomic E-state index is 0.270. The monoisotopic (exact) mass is 407 g/mol. The van der Waals surface area contributed by atoms with Gasteiger partial charge in [0, 0.05) is 12.8 Å². The quantitative estimate of drug-likeness (QED) is 0.204. The molecular weight excluding hydrogens is 382 g/mol. The second kappa shape index (κ2) is 12.9. The summed E-state index contributed by atoms with van der Waals surface area (Å²) in [6.07, 6.45) is 0.623. The molecule has 3 atom stereocenters. The van der Waals surface area contributed by atoms with Crippen LogP contribution in [0.1, 0.15) is 32.1 Å². The molecule has 2 amide bonds. The van der Waals surface area contributed by atoms with E-state index >= 15 is 0 Å². The molecule has 11 nitrogen and oxygen atoms in total. The predicted octanol–water partition coefficient (Wildman–Crippen LogP) is -1.15. The molecule has 0 aromatic rings. The van der Waals surface area contributed by atoms with Crippen molar-refractivity contribution < 1.29 is 39.3 Å². The molecule has 0 saturated carbocycles. The van der Waals surface area contributed by atoms with E-state index in [-0.39, 0.29) is 12.8 Å². The van der Waals surface area contributed by atoms with Gasteiger partial charge in [-0.2, -0.15) is 11.8 Å². The normalized spacial score (nSPS) is 13.9. The molecule has 0 aliphatic rings. The Morgan fingerprint density at radius 1 is 0.852 bits per heavy atom. The lowest BCUT2D eigenvalue weighted by atomic mass is 10.1. The maximum absolute atomic E-state index is 12.3. The second-order valence-corrected chi connectivity index (χ2v) is 6.70. The van der Waals surface area contributed by atoms with Crippen LogP contribution in [-0.4, -0.2) is 75.2 Å². The smallest absolute Gasteiger partial charge is 0.326 e. The van der Waals surface area contributed by atoms with Crippen molar-refractivity contribution in [1.29, 1.82) is 0 Å². The average Bonchev–Trinajstić information content (AvgIpc) is 2.58. The highest BCUT2D eigenvalue weighted by molar-refractivity contribution is 7.98. The highest BCUT2D eigenvalue weighted by Crippen LogP contribution is 2.05. The zero-order valence-electron chi connectivity index (χ0n) is 14.8. The van der Waals surface area contributed by atoms with Crippen LogP contribution < -0.4 is 16.4 Å². The molecule has 0 saturated heterocycles. The van der Waals surface area contributed by atoms with Gasteiger partial charge in [-0.15, -0.1) is 0 Å². The first kappa shape index (κ1) is 24.7. The van der Waals surface area contributed by atoms with E-state index in [4.69, 9.17) is 21.1 Å². The van der Waals surface area contributed by atoms with Crippen molar-refractivity contribution in [1.82, 2.24) is 10.6 Å². The van der Waals surface area contributed by atoms with E-state index in [1.807, 2.05) is 6.26 Å². The molecule has 27 heavy (non-hydrogen) atoms. The Labute approximate surface area is 160 Å². The van der Waals surface area contributed by atoms with Crippen molar-refractivity contribution in [3.63, 3.8) is 0 Å². The number of rotatable bonds is 14. The highest BCUT2D eigenvalue weighted by atomic mass is 32.2. The Balaban J connectivity index is 5.04. The summed E-state index contributed by atoms with van der Waals surface area (Å²) < 4.78 is 0. The number of amides is 2. The van der Waals surface area contributed by atoms with Crippen LogP contribution in [0.25, 0.3) is 0 Å². The number of carbonyl (C=O) groups excluding carboxylic acids is 2. The lowest BCUT2D eigenvalue weighted by Gasteiger charge is -2.22. The molecule has 0 rings (SSSR count). The number of thioether (sulfide) groups is 1. The third-order valence-electron chi connectivity index (χ3n) is 3.51. The lowest BCUT2D eigenvalue weighted by molar-refractivity contribution is -0.144. The minimum atomic E-state index is -1.48. The molecule has 0 fully saturated rings. The number of hydrogen-bond acceptors (Lipinski definition) is 7. The van der Waals surface area contributed by atoms with E-state index in [0.717, 1.165) is 0 Å². The summed E-state index contributed by atoms with van der Waals surface area (Å²) in [5.41, 5.74) is 5.71. The molecule has 0 heterocycles. The van der Waals surface area contributed by atoms with E-state index in [0.29, 0.717) is 12.2 Å². The molecule has 0 aromatic heterocycles. The number of nitrogens with one attached hydrogen (secondary N) is 2. The third-order valence-corrected chi connectivity index (χ3v) is 4.16. The molecule has 0 aromatic carbocycles. The lowest BCUT2D eigenvalue weighted by Crippen LogP contribution is -2.54. The average molecular weight is 407 g/mol. The summed E-state index contributed by atoms with van der Waals surface area (Å²) in [5.74, 6) is -4.84. The first-order valence-electron chi connectivity index (χ1n) is 8.10. The van der Waals surface area contributed by atoms with Crippen molar-refractivity contribution >= 4 is 41.5 Å². The first-order chi connectivity index (χ1) is 12.6. The van der Waals surface area contributed by atoms with Gasteiger partial charge >= 0.3 is 17.9 Å². The molecule has 7 N–H and O–H groups in total. The molecule has 0 radical (unpaired) electrons. The fourth-order valence-corrected chi connectivity index (χ4v) is 2.48. The predicted molar refractivity (Wildman–Crippen MR) is 96.2 cm³/mol. The molecule has 154 valence electrons. The van der Waals surface area contributed by atoms with Gasteiger partial charge in [-0.1, -0.05) is 0 Å². The zero-order valence-corrected chi connectivity index (χ0v) is 15.7. The maximum atomic E-state index is 12.3. The number of carboxylic acids is 3. The fraction of sp³-hybridized carbons (Fsp3) is 0.667. The Hall–Kier alpha value is -2.34. The maximum Gasteiger partial charge on any atom is 0.326 e. The van der Waals surface area contributed by atoms with Crippen LogP contribution in [0.5, 0.6) is 0 Å². The minimum Gasteiger partial charge on any atom is -0.481 e. The summed E-state index contributed by atoms with van der Waals surface area (Å²) in [6, 6.07) is -3.69. The van der Waals surface area contributed by atoms with Crippen LogP contribution in [0, 0.1) is 0 Å². The van der Waals surface area contributed by atoms with Crippen LogP contribution >= 0.6 is 11.8 Å². The Kier molecular flexibility index (Phi) is 11.8. The van der Waals surface area contributed by atoms with E-state index in [1.165, 1.54) is 11.8 Å². The molecule has 0 spiro atoms. The summed E-state index contributed by atoms with van der Waals surface area (Å²) in [6.45, 7) is 0. The molecule has 0 unspecified atom stereocenters. The van der Waals surface area contributed by atoms with Crippen LogP contribution in [0.15, 0.2) is 0 Å². The number of aliphatic carboxylic acids is 3. The molecule has 0 aliphatic carbocycles. The van der Waals surface area contributed by atoms with Gasteiger partial charge in [0.1, 0.15) is 12.1 Å². The van der Waals surface area contributed by atoms with Gasteiger partial charge in [-0.05, 0) is 31.3 Å². The standard InChI is InChI=1S/C15H25N3O8S/c1-27-7-6-8(16)13(23)17-9(2-4-11(19)20)14(24)18-10(15(25)26)3-5-12(21)22/h8-10H,2-7,16H2,1H3,(H,17,23)(H,18,24)(H,19,20)(H,21,22)(H,25,26)/t8-,9-,10-/m0/s1. The van der Waals surface area contributed by atoms with Gasteiger partial charge in [0.15, 0.2) is 0 Å². The molecule has 0 aliphatic heterocycles. The van der Waals surface area contributed by atoms with Crippen molar-refractivity contribution in [2.45, 2.75) is 50.2 Å². The van der Waals surface area contributed by atoms with Gasteiger partial charge in [0.25, 0.3) is 0 Å². The molecule has 12 heteroatoms. The van der Waals surface area contributed by atoms with Crippen molar-refractivity contribution in [3.05, 3.63) is 0 Å². The Bertz CT molecular complexity index is 557. The number of carbonyl (C=O) groups is 5. The SMILES string of the molecule is CSCC[C@H](N)C(=O)N[C@@H](CCC(=O)O)C(=O)N[C@@H](CCC(=O)O)C(=O)O. The van der Waals surface area contributed by atoms with Crippen molar-refractivity contribution in [2.75, 3.05) is 12.0 Å². The van der Waals surface area contributed by atoms with E-state index in [2.05, 4.69) is 10.6 Å². The summed E-state index contributed by atoms with van der Waals surface area (Å²) in [7, 11) is 0.